The van der Waals surface area contributed by atoms with Gasteiger partial charge in [-0.25, -0.2) is 15.1 Å². The number of nitrogens with one attached hydrogen (secondary N) is 1. The number of benzene rings is 1. The van der Waals surface area contributed by atoms with Crippen LogP contribution in [0.5, 0.6) is 0 Å². The van der Waals surface area contributed by atoms with Gasteiger partial charge in [-0.3, -0.25) is 4.18 Å². The number of H-pyrrole nitrogens is 1. The quantitative estimate of drug-likeness (QED) is 0.383. The van der Waals surface area contributed by atoms with Gasteiger partial charge in [-0.1, -0.05) is 19.1 Å². The molecule has 0 aliphatic rings. The molecular weight excluding hydrogens is 418 g/mol. The summed E-state index contributed by atoms with van der Waals surface area (Å²) >= 11 is 0. The zero-order valence-electron chi connectivity index (χ0n) is 17.3. The first kappa shape index (κ1) is 21.4. The molecule has 4 aromatic rings. The minimum Gasteiger partial charge on any atom is -0.391 e. The first-order valence-corrected chi connectivity index (χ1v) is 11.5. The zero-order chi connectivity index (χ0) is 22.2. The van der Waals surface area contributed by atoms with Crippen LogP contribution in [-0.2, 0) is 21.0 Å². The predicted octanol–water partition coefficient (Wildman–Crippen LogP) is 2.50. The van der Waals surface area contributed by atoms with E-state index in [1.54, 1.807) is 0 Å². The smallest absolute Gasteiger partial charge is 0.333 e. The fraction of sp³-hybridized carbons (Fsp3) is 0.333. The van der Waals surface area contributed by atoms with Crippen LogP contribution in [0.3, 0.4) is 0 Å². The molecule has 0 aliphatic carbocycles. The van der Waals surface area contributed by atoms with Crippen LogP contribution < -0.4 is 5.14 Å². The Morgan fingerprint density at radius 1 is 1.26 bits per heavy atom. The van der Waals surface area contributed by atoms with Crippen molar-refractivity contribution in [2.45, 2.75) is 32.9 Å². The summed E-state index contributed by atoms with van der Waals surface area (Å²) in [6.07, 6.45) is 3.03. The largest absolute Gasteiger partial charge is 0.391 e. The molecule has 3 heterocycles. The Balaban J connectivity index is 1.62. The maximum absolute atomic E-state index is 11.1. The highest BCUT2D eigenvalue weighted by Gasteiger charge is 2.22. The molecule has 0 bridgehead atoms. The average Bonchev–Trinajstić information content (AvgIpc) is 3.31. The number of nitrogens with zero attached hydrogens (tertiary/aromatic N) is 3. The van der Waals surface area contributed by atoms with Gasteiger partial charge < -0.3 is 14.7 Å². The lowest BCUT2D eigenvalue weighted by molar-refractivity contribution is 0.0616. The van der Waals surface area contributed by atoms with Crippen molar-refractivity contribution in [1.82, 2.24) is 19.5 Å². The Bertz CT molecular complexity index is 1330. The number of fused-ring (bicyclic) bond motifs is 2. The third-order valence-corrected chi connectivity index (χ3v) is 5.95. The van der Waals surface area contributed by atoms with Gasteiger partial charge in [-0.15, -0.1) is 0 Å². The van der Waals surface area contributed by atoms with Gasteiger partial charge in [0.1, 0.15) is 12.0 Å². The maximum Gasteiger partial charge on any atom is 0.333 e. The van der Waals surface area contributed by atoms with Crippen LogP contribution in [0, 0.1) is 12.8 Å². The number of aromatic nitrogens is 4. The number of aryl methyl sites for hydroxylation is 1. The van der Waals surface area contributed by atoms with E-state index in [1.165, 1.54) is 11.9 Å². The molecule has 4 N–H and O–H groups in total. The number of nitrogens with two attached hydrogens (primary N) is 1. The van der Waals surface area contributed by atoms with Gasteiger partial charge in [0, 0.05) is 28.4 Å². The van der Waals surface area contributed by atoms with Crippen molar-refractivity contribution < 1.29 is 17.7 Å². The van der Waals surface area contributed by atoms with Gasteiger partial charge in [0.2, 0.25) is 0 Å². The second-order valence-corrected chi connectivity index (χ2v) is 8.94. The summed E-state index contributed by atoms with van der Waals surface area (Å²) in [4.78, 5) is 12.3. The Labute approximate surface area is 180 Å². The first-order chi connectivity index (χ1) is 14.7. The molecule has 0 spiro atoms. The number of aromatic amines is 1. The van der Waals surface area contributed by atoms with E-state index in [9.17, 15) is 13.5 Å². The first-order valence-electron chi connectivity index (χ1n) is 10.00. The van der Waals surface area contributed by atoms with Crippen LogP contribution in [0.2, 0.25) is 0 Å². The number of aliphatic hydroxyl groups is 1. The lowest BCUT2D eigenvalue weighted by Gasteiger charge is -2.21. The summed E-state index contributed by atoms with van der Waals surface area (Å²) in [5.41, 5.74) is 4.56. The van der Waals surface area contributed by atoms with Gasteiger partial charge >= 0.3 is 10.3 Å². The standard InChI is InChI=1S/C21H25N5O4S/c1-3-14(11-30-31(22,28)29)19(27)10-26-7-6-16-20(23-12-24-21(16)26)18-9-15-5-4-13(2)8-17(15)25-18/h4-9,12,14,19,25,27H,3,10-11H2,1-2H3,(H2,22,28,29)/t14-,19-/m0/s1. The lowest BCUT2D eigenvalue weighted by Crippen LogP contribution is -2.31. The van der Waals surface area contributed by atoms with Crippen LogP contribution in [0.15, 0.2) is 42.9 Å². The molecular formula is C21H25N5O4S. The second-order valence-electron chi connectivity index (χ2n) is 7.71. The van der Waals surface area contributed by atoms with E-state index in [2.05, 4.69) is 43.4 Å². The van der Waals surface area contributed by atoms with E-state index in [0.29, 0.717) is 12.1 Å². The normalized spacial score (nSPS) is 14.3. The van der Waals surface area contributed by atoms with E-state index < -0.39 is 22.3 Å². The number of hydrogen-bond acceptors (Lipinski definition) is 6. The molecule has 0 amide bonds. The summed E-state index contributed by atoms with van der Waals surface area (Å²) < 4.78 is 28.6. The summed E-state index contributed by atoms with van der Waals surface area (Å²) in [6, 6.07) is 10.2. The van der Waals surface area contributed by atoms with Gasteiger partial charge in [-0.2, -0.15) is 8.42 Å². The molecule has 4 rings (SSSR count). The molecule has 0 saturated carbocycles. The number of hydrogen-bond donors (Lipinski definition) is 3. The summed E-state index contributed by atoms with van der Waals surface area (Å²) in [7, 11) is -4.05. The van der Waals surface area contributed by atoms with Crippen LogP contribution in [0.1, 0.15) is 18.9 Å². The van der Waals surface area contributed by atoms with Crippen molar-refractivity contribution in [3.8, 4) is 11.4 Å². The van der Waals surface area contributed by atoms with Crippen molar-refractivity contribution in [2.75, 3.05) is 6.61 Å². The zero-order valence-corrected chi connectivity index (χ0v) is 18.1. The molecule has 0 unspecified atom stereocenters. The van der Waals surface area contributed by atoms with Crippen molar-refractivity contribution in [3.63, 3.8) is 0 Å². The highest BCUT2D eigenvalue weighted by Crippen LogP contribution is 2.29. The Hall–Kier alpha value is -2.79. The fourth-order valence-electron chi connectivity index (χ4n) is 3.77. The number of rotatable bonds is 8. The highest BCUT2D eigenvalue weighted by molar-refractivity contribution is 7.84. The van der Waals surface area contributed by atoms with E-state index in [1.807, 2.05) is 30.7 Å². The molecule has 10 heteroatoms. The molecule has 0 radical (unpaired) electrons. The minimum absolute atomic E-state index is 0.176. The van der Waals surface area contributed by atoms with E-state index in [0.717, 1.165) is 27.7 Å². The van der Waals surface area contributed by atoms with Crippen molar-refractivity contribution in [1.29, 1.82) is 0 Å². The minimum atomic E-state index is -4.05. The molecule has 2 atom stereocenters. The topological polar surface area (TPSA) is 136 Å². The van der Waals surface area contributed by atoms with Crippen LogP contribution >= 0.6 is 0 Å². The second kappa shape index (κ2) is 8.39. The SMILES string of the molecule is CC[C@@H](COS(N)(=O)=O)[C@@H](O)Cn1ccc2c(-c3cc4ccc(C)cc4[nH]3)ncnc21. The highest BCUT2D eigenvalue weighted by atomic mass is 32.2. The van der Waals surface area contributed by atoms with E-state index in [-0.39, 0.29) is 13.2 Å². The van der Waals surface area contributed by atoms with E-state index >= 15 is 0 Å². The summed E-state index contributed by atoms with van der Waals surface area (Å²) in [5, 5.41) is 17.5. The Morgan fingerprint density at radius 3 is 2.81 bits per heavy atom. The molecule has 9 nitrogen and oxygen atoms in total. The van der Waals surface area contributed by atoms with Gasteiger partial charge in [0.05, 0.1) is 30.6 Å². The maximum atomic E-state index is 11.1. The lowest BCUT2D eigenvalue weighted by atomic mass is 10.0. The van der Waals surface area contributed by atoms with Gasteiger partial charge in [-0.05, 0) is 37.1 Å². The monoisotopic (exact) mass is 443 g/mol. The fourth-order valence-corrected chi connectivity index (χ4v) is 4.13. The summed E-state index contributed by atoms with van der Waals surface area (Å²) in [5.74, 6) is -0.394. The summed E-state index contributed by atoms with van der Waals surface area (Å²) in [6.45, 7) is 3.96. The third-order valence-electron chi connectivity index (χ3n) is 5.49. The molecule has 3 aromatic heterocycles. The molecule has 0 saturated heterocycles. The molecule has 0 fully saturated rings. The Morgan fingerprint density at radius 2 is 2.06 bits per heavy atom. The van der Waals surface area contributed by atoms with Crippen molar-refractivity contribution in [3.05, 3.63) is 48.4 Å². The van der Waals surface area contributed by atoms with Crippen LogP contribution in [-0.4, -0.2) is 45.8 Å². The molecule has 31 heavy (non-hydrogen) atoms. The van der Waals surface area contributed by atoms with Gasteiger partial charge in [0.25, 0.3) is 0 Å². The van der Waals surface area contributed by atoms with Gasteiger partial charge in [0.15, 0.2) is 0 Å². The van der Waals surface area contributed by atoms with Crippen molar-refractivity contribution >= 4 is 32.2 Å². The molecule has 164 valence electrons. The predicted molar refractivity (Wildman–Crippen MR) is 118 cm³/mol. The number of aliphatic hydroxyl groups excluding tert-OH is 1. The molecule has 0 aliphatic heterocycles. The van der Waals surface area contributed by atoms with Crippen LogP contribution in [0.4, 0.5) is 0 Å². The van der Waals surface area contributed by atoms with Crippen molar-refractivity contribution in [2.24, 2.45) is 11.1 Å². The Kier molecular flexibility index (Phi) is 5.80. The third kappa shape index (κ3) is 4.62. The van der Waals surface area contributed by atoms with E-state index in [4.69, 9.17) is 5.14 Å². The van der Waals surface area contributed by atoms with Crippen LogP contribution in [0.25, 0.3) is 33.3 Å². The average molecular weight is 444 g/mol. The molecule has 1 aromatic carbocycles.